The maximum atomic E-state index is 9.75. The van der Waals surface area contributed by atoms with Crippen LogP contribution < -0.4 is 0 Å². The molecule has 1 aromatic heterocycles. The first-order chi connectivity index (χ1) is 9.06. The van der Waals surface area contributed by atoms with Crippen molar-refractivity contribution in [3.05, 3.63) is 53.7 Å². The van der Waals surface area contributed by atoms with Gasteiger partial charge in [-0.15, -0.1) is 24.8 Å². The molecule has 1 N–H and O–H groups in total. The Morgan fingerprint density at radius 3 is 2.71 bits per heavy atom. The van der Waals surface area contributed by atoms with Gasteiger partial charge >= 0.3 is 0 Å². The van der Waals surface area contributed by atoms with E-state index in [1.54, 1.807) is 0 Å². The number of halogens is 2. The summed E-state index contributed by atoms with van der Waals surface area (Å²) in [5.41, 5.74) is 2.63. The van der Waals surface area contributed by atoms with Crippen LogP contribution in [0.2, 0.25) is 0 Å². The molecule has 0 bridgehead atoms. The number of aromatic nitrogens is 1. The predicted molar refractivity (Wildman–Crippen MR) is 89.8 cm³/mol. The topological polar surface area (TPSA) is 36.4 Å². The maximum absolute atomic E-state index is 9.75. The monoisotopic (exact) mass is 328 g/mol. The highest BCUT2D eigenvalue weighted by Gasteiger charge is 2.43. The first-order valence-electron chi connectivity index (χ1n) is 6.81. The Morgan fingerprint density at radius 1 is 1.29 bits per heavy atom. The molecule has 3 rings (SSSR count). The highest BCUT2D eigenvalue weighted by molar-refractivity contribution is 5.85. The summed E-state index contributed by atoms with van der Waals surface area (Å²) in [6, 6.07) is 6.04. The van der Waals surface area contributed by atoms with Crippen LogP contribution in [0.25, 0.3) is 0 Å². The fourth-order valence-electron chi connectivity index (χ4n) is 3.21. The summed E-state index contributed by atoms with van der Waals surface area (Å²) in [4.78, 5) is 6.81. The molecular formula is C16H22Cl2N2O. The predicted octanol–water partition coefficient (Wildman–Crippen LogP) is 4.11. The second-order valence-corrected chi connectivity index (χ2v) is 6.17. The molecule has 2 aliphatic rings. The lowest BCUT2D eigenvalue weighted by molar-refractivity contribution is 0.248. The molecule has 0 amide bonds. The van der Waals surface area contributed by atoms with Crippen molar-refractivity contribution in [3.8, 4) is 0 Å². The van der Waals surface area contributed by atoms with Crippen molar-refractivity contribution in [2.75, 3.05) is 6.54 Å². The molecule has 2 heterocycles. The van der Waals surface area contributed by atoms with Gasteiger partial charge in [0.15, 0.2) is 0 Å². The Labute approximate surface area is 138 Å². The number of rotatable bonds is 2. The number of allylic oxidation sites excluding steroid dienone is 4. The number of aliphatic hydroxyl groups is 1. The van der Waals surface area contributed by atoms with E-state index in [4.69, 9.17) is 0 Å². The number of pyridine rings is 1. The highest BCUT2D eigenvalue weighted by atomic mass is 35.5. The van der Waals surface area contributed by atoms with Gasteiger partial charge < -0.3 is 10.0 Å². The smallest absolute Gasteiger partial charge is 0.0930 e. The lowest BCUT2D eigenvalue weighted by Crippen LogP contribution is -2.24. The van der Waals surface area contributed by atoms with Crippen molar-refractivity contribution < 1.29 is 5.11 Å². The molecule has 1 fully saturated rings. The van der Waals surface area contributed by atoms with Gasteiger partial charge in [0.1, 0.15) is 0 Å². The molecule has 1 aliphatic heterocycles. The standard InChI is InChI=1S/C16H20N2O.2ClH/c1-16(2)11-18(10-12-5-3-4-8-17-12)15-7-6-13(19)9-14(15)16;;/h3-8,14,19H,9-11H2,1-2H3;2*1H. The summed E-state index contributed by atoms with van der Waals surface area (Å²) in [7, 11) is 0. The number of likely N-dealkylation sites (tertiary alicyclic amines) is 1. The third-order valence-electron chi connectivity index (χ3n) is 4.20. The minimum Gasteiger partial charge on any atom is -0.512 e. The van der Waals surface area contributed by atoms with Crippen molar-refractivity contribution in [1.82, 2.24) is 9.88 Å². The minimum absolute atomic E-state index is 0. The van der Waals surface area contributed by atoms with Gasteiger partial charge in [0.2, 0.25) is 0 Å². The third kappa shape index (κ3) is 3.53. The van der Waals surface area contributed by atoms with Crippen molar-refractivity contribution >= 4 is 24.8 Å². The molecular weight excluding hydrogens is 307 g/mol. The van der Waals surface area contributed by atoms with Crippen LogP contribution in [-0.4, -0.2) is 21.5 Å². The number of hydrogen-bond acceptors (Lipinski definition) is 3. The average molecular weight is 329 g/mol. The van der Waals surface area contributed by atoms with E-state index in [9.17, 15) is 5.11 Å². The molecule has 1 saturated heterocycles. The van der Waals surface area contributed by atoms with Crippen LogP contribution in [0.4, 0.5) is 0 Å². The van der Waals surface area contributed by atoms with Crippen LogP contribution >= 0.6 is 24.8 Å². The number of fused-ring (bicyclic) bond motifs is 1. The molecule has 1 atom stereocenters. The molecule has 0 aromatic carbocycles. The fourth-order valence-corrected chi connectivity index (χ4v) is 3.21. The molecule has 1 aliphatic carbocycles. The molecule has 3 nitrogen and oxygen atoms in total. The van der Waals surface area contributed by atoms with E-state index < -0.39 is 0 Å². The second-order valence-electron chi connectivity index (χ2n) is 6.17. The van der Waals surface area contributed by atoms with Crippen molar-refractivity contribution in [2.45, 2.75) is 26.8 Å². The van der Waals surface area contributed by atoms with Crippen LogP contribution in [0, 0.1) is 11.3 Å². The van der Waals surface area contributed by atoms with E-state index in [0.29, 0.717) is 11.7 Å². The van der Waals surface area contributed by atoms with Gasteiger partial charge in [-0.05, 0) is 29.7 Å². The third-order valence-corrected chi connectivity index (χ3v) is 4.20. The number of hydrogen-bond donors (Lipinski definition) is 1. The first-order valence-corrected chi connectivity index (χ1v) is 6.81. The summed E-state index contributed by atoms with van der Waals surface area (Å²) >= 11 is 0. The van der Waals surface area contributed by atoms with E-state index in [2.05, 4.69) is 35.9 Å². The molecule has 0 radical (unpaired) electrons. The highest BCUT2D eigenvalue weighted by Crippen LogP contribution is 2.47. The Hall–Kier alpha value is -1.19. The van der Waals surface area contributed by atoms with Gasteiger partial charge in [0.25, 0.3) is 0 Å². The fraction of sp³-hybridized carbons (Fsp3) is 0.438. The van der Waals surface area contributed by atoms with Gasteiger partial charge in [-0.25, -0.2) is 0 Å². The Kier molecular flexibility index (Phi) is 5.71. The maximum Gasteiger partial charge on any atom is 0.0930 e. The minimum atomic E-state index is 0. The van der Waals surface area contributed by atoms with Crippen LogP contribution in [0.15, 0.2) is 48.0 Å². The van der Waals surface area contributed by atoms with E-state index >= 15 is 0 Å². The second kappa shape index (κ2) is 6.71. The zero-order valence-electron chi connectivity index (χ0n) is 12.3. The Bertz CT molecular complexity index is 540. The molecule has 116 valence electrons. The van der Waals surface area contributed by atoms with E-state index in [0.717, 1.165) is 25.2 Å². The normalized spacial score (nSPS) is 22.4. The zero-order valence-corrected chi connectivity index (χ0v) is 14.0. The van der Waals surface area contributed by atoms with E-state index in [1.807, 2.05) is 24.4 Å². The largest absolute Gasteiger partial charge is 0.512 e. The summed E-state index contributed by atoms with van der Waals surface area (Å²) in [6.45, 7) is 6.42. The van der Waals surface area contributed by atoms with Gasteiger partial charge in [-0.2, -0.15) is 0 Å². The summed E-state index contributed by atoms with van der Waals surface area (Å²) in [5.74, 6) is 0.919. The summed E-state index contributed by atoms with van der Waals surface area (Å²) in [5, 5.41) is 9.75. The van der Waals surface area contributed by atoms with Crippen molar-refractivity contribution in [3.63, 3.8) is 0 Å². The Morgan fingerprint density at radius 2 is 2.05 bits per heavy atom. The molecule has 21 heavy (non-hydrogen) atoms. The van der Waals surface area contributed by atoms with Gasteiger partial charge in [-0.1, -0.05) is 19.9 Å². The van der Waals surface area contributed by atoms with E-state index in [1.165, 1.54) is 5.70 Å². The van der Waals surface area contributed by atoms with Gasteiger partial charge in [0.05, 0.1) is 18.0 Å². The number of nitrogens with zero attached hydrogens (tertiary/aromatic N) is 2. The number of aliphatic hydroxyl groups excluding tert-OH is 1. The first kappa shape index (κ1) is 17.9. The van der Waals surface area contributed by atoms with Crippen LogP contribution in [0.1, 0.15) is 26.0 Å². The van der Waals surface area contributed by atoms with Crippen LogP contribution in [0.5, 0.6) is 0 Å². The molecule has 5 heteroatoms. The van der Waals surface area contributed by atoms with Gasteiger partial charge in [-0.3, -0.25) is 4.98 Å². The Balaban J connectivity index is 0.00000110. The molecule has 1 aromatic rings. The molecule has 1 unspecified atom stereocenters. The molecule has 0 spiro atoms. The van der Waals surface area contributed by atoms with E-state index in [-0.39, 0.29) is 30.2 Å². The SMILES string of the molecule is CC1(C)CN(Cc2ccccn2)C2=CC=C(O)CC21.Cl.Cl. The van der Waals surface area contributed by atoms with Gasteiger partial charge in [0, 0.05) is 30.8 Å². The quantitative estimate of drug-likeness (QED) is 0.887. The average Bonchev–Trinajstić information content (AvgIpc) is 2.62. The lowest BCUT2D eigenvalue weighted by Gasteiger charge is -2.27. The summed E-state index contributed by atoms with van der Waals surface area (Å²) in [6.07, 6.45) is 6.51. The van der Waals surface area contributed by atoms with Crippen molar-refractivity contribution in [1.29, 1.82) is 0 Å². The lowest BCUT2D eigenvalue weighted by atomic mass is 9.77. The van der Waals surface area contributed by atoms with Crippen LogP contribution in [-0.2, 0) is 6.54 Å². The van der Waals surface area contributed by atoms with Crippen molar-refractivity contribution in [2.24, 2.45) is 11.3 Å². The zero-order chi connectivity index (χ0) is 13.5. The van der Waals surface area contributed by atoms with Crippen LogP contribution in [0.3, 0.4) is 0 Å². The summed E-state index contributed by atoms with van der Waals surface area (Å²) < 4.78 is 0. The molecule has 0 saturated carbocycles.